The number of carbonyl (C=O) groups is 5. The van der Waals surface area contributed by atoms with Gasteiger partial charge in [-0.2, -0.15) is 0 Å². The van der Waals surface area contributed by atoms with Crippen molar-refractivity contribution < 1.29 is 24.0 Å². The molecule has 2 aromatic carbocycles. The fourth-order valence-corrected chi connectivity index (χ4v) is 9.87. The fraction of sp³-hybridized carbons (Fsp3) is 0.452. The maximum atomic E-state index is 13.4. The van der Waals surface area contributed by atoms with Gasteiger partial charge in [-0.3, -0.25) is 39.1 Å². The molecule has 2 atom stereocenters. The summed E-state index contributed by atoms with van der Waals surface area (Å²) >= 11 is 0. The summed E-state index contributed by atoms with van der Waals surface area (Å²) in [5, 5.41) is 2.24. The molecule has 1 spiro atoms. The minimum Gasteiger partial charge on any atom is -0.371 e. The molecule has 5 amide bonds. The first kappa shape index (κ1) is 35.1. The Morgan fingerprint density at radius 1 is 0.964 bits per heavy atom. The number of aryl methyl sites for hydroxylation is 1. The lowest BCUT2D eigenvalue weighted by molar-refractivity contribution is -0.136. The van der Waals surface area contributed by atoms with E-state index in [1.54, 1.807) is 12.1 Å². The van der Waals surface area contributed by atoms with Crippen LogP contribution in [-0.4, -0.2) is 101 Å². The molecule has 1 unspecified atom stereocenters. The third-order valence-electron chi connectivity index (χ3n) is 12.9. The molecule has 0 saturated carbocycles. The van der Waals surface area contributed by atoms with E-state index >= 15 is 0 Å². The highest BCUT2D eigenvalue weighted by Gasteiger charge is 2.46. The van der Waals surface area contributed by atoms with Gasteiger partial charge in [0.25, 0.3) is 23.5 Å². The van der Waals surface area contributed by atoms with Gasteiger partial charge in [-0.1, -0.05) is 6.57 Å². The molecule has 13 nitrogen and oxygen atoms in total. The molecular formula is C42H44N8O5. The Bertz CT molecular complexity index is 2140. The van der Waals surface area contributed by atoms with Crippen LogP contribution in [0.4, 0.5) is 17.2 Å². The molecule has 55 heavy (non-hydrogen) atoms. The van der Waals surface area contributed by atoms with Crippen molar-refractivity contribution in [1.82, 2.24) is 25.0 Å². The SMILES string of the molecule is [C-]#[N+]c1ncc(N2CC3(CCN(c4ccc(C(=O)N5CC(CN6Cc7cc8c(cc7C6)C(=O)N(C6CCC(=O)NC6=O)C8=O)C5)cc4)CC3)C[C@@H]2C)cc1C. The third-order valence-corrected chi connectivity index (χ3v) is 12.9. The van der Waals surface area contributed by atoms with Gasteiger partial charge in [0.15, 0.2) is 0 Å². The van der Waals surface area contributed by atoms with Crippen molar-refractivity contribution in [3.05, 3.63) is 93.5 Å². The maximum Gasteiger partial charge on any atom is 0.272 e. The highest BCUT2D eigenvalue weighted by Crippen LogP contribution is 2.46. The van der Waals surface area contributed by atoms with Gasteiger partial charge in [0.1, 0.15) is 12.2 Å². The first-order valence-electron chi connectivity index (χ1n) is 19.3. The van der Waals surface area contributed by atoms with Crippen LogP contribution in [0.3, 0.4) is 0 Å². The van der Waals surface area contributed by atoms with Crippen LogP contribution < -0.4 is 15.1 Å². The summed E-state index contributed by atoms with van der Waals surface area (Å²) in [6.45, 7) is 18.0. The average Bonchev–Trinajstić information content (AvgIpc) is 3.79. The largest absolute Gasteiger partial charge is 0.371 e. The predicted molar refractivity (Wildman–Crippen MR) is 204 cm³/mol. The zero-order chi connectivity index (χ0) is 38.2. The van der Waals surface area contributed by atoms with Crippen molar-refractivity contribution >= 4 is 46.7 Å². The number of imide groups is 2. The van der Waals surface area contributed by atoms with Gasteiger partial charge in [0.05, 0.1) is 16.8 Å². The van der Waals surface area contributed by atoms with E-state index in [1.165, 1.54) is 0 Å². The van der Waals surface area contributed by atoms with E-state index in [-0.39, 0.29) is 24.2 Å². The minimum absolute atomic E-state index is 0.0494. The number of nitrogens with zero attached hydrogens (tertiary/aromatic N) is 7. The summed E-state index contributed by atoms with van der Waals surface area (Å²) in [6, 6.07) is 13.2. The van der Waals surface area contributed by atoms with Crippen molar-refractivity contribution in [2.24, 2.45) is 11.3 Å². The lowest BCUT2D eigenvalue weighted by Gasteiger charge is -2.41. The number of anilines is 2. The molecule has 7 heterocycles. The number of amides is 5. The number of hydrogen-bond donors (Lipinski definition) is 1. The van der Waals surface area contributed by atoms with Crippen molar-refractivity contribution in [3.8, 4) is 0 Å². The van der Waals surface area contributed by atoms with Crippen LogP contribution in [0.2, 0.25) is 0 Å². The molecule has 13 heteroatoms. The molecule has 1 aromatic heterocycles. The lowest BCUT2D eigenvalue weighted by Crippen LogP contribution is -2.54. The first-order chi connectivity index (χ1) is 26.5. The summed E-state index contributed by atoms with van der Waals surface area (Å²) in [7, 11) is 0. The number of rotatable bonds is 6. The summed E-state index contributed by atoms with van der Waals surface area (Å²) in [5.41, 5.74) is 6.78. The number of aromatic nitrogens is 1. The standard InChI is InChI=1S/C42H44N8O5/c1-25-14-32(18-44-37(25)43-3)49-24-42(17-26(49)2)10-12-47(13-11-42)31-6-4-28(5-7-31)39(53)48-20-27(21-48)19-46-22-29-15-33-34(16-30(29)23-46)41(55)50(40(33)54)35-8-9-36(51)45-38(35)52/h4-7,14-16,18,26-27,35H,8-13,17,19-24H2,1-2H3,(H,45,51,52)/t26-,35?/m0/s1. The number of pyridine rings is 1. The van der Waals surface area contributed by atoms with Gasteiger partial charge in [0, 0.05) is 82.0 Å². The van der Waals surface area contributed by atoms with Crippen molar-refractivity contribution in [1.29, 1.82) is 0 Å². The van der Waals surface area contributed by atoms with Crippen LogP contribution in [-0.2, 0) is 22.7 Å². The summed E-state index contributed by atoms with van der Waals surface area (Å²) in [6.07, 6.45) is 5.45. The number of piperidine rings is 2. The van der Waals surface area contributed by atoms with E-state index in [0.717, 1.165) is 78.4 Å². The van der Waals surface area contributed by atoms with Gasteiger partial charge >= 0.3 is 0 Å². The Hall–Kier alpha value is -5.61. The van der Waals surface area contributed by atoms with Gasteiger partial charge < -0.3 is 19.5 Å². The van der Waals surface area contributed by atoms with Gasteiger partial charge in [-0.05, 0) is 104 Å². The molecule has 0 aliphatic carbocycles. The second kappa shape index (κ2) is 13.3. The van der Waals surface area contributed by atoms with E-state index < -0.39 is 29.7 Å². The number of carbonyl (C=O) groups excluding carboxylic acids is 5. The molecule has 282 valence electrons. The maximum absolute atomic E-state index is 13.4. The number of hydrogen-bond acceptors (Lipinski definition) is 9. The molecular weight excluding hydrogens is 697 g/mol. The molecule has 4 saturated heterocycles. The highest BCUT2D eigenvalue weighted by atomic mass is 16.2. The molecule has 9 rings (SSSR count). The normalized spacial score (nSPS) is 23.6. The Labute approximate surface area is 320 Å². The molecule has 0 radical (unpaired) electrons. The molecule has 6 aliphatic heterocycles. The Morgan fingerprint density at radius 3 is 2.25 bits per heavy atom. The lowest BCUT2D eigenvalue weighted by atomic mass is 9.76. The van der Waals surface area contributed by atoms with Crippen LogP contribution in [0, 0.1) is 24.8 Å². The van der Waals surface area contributed by atoms with E-state index in [0.29, 0.717) is 60.6 Å². The third kappa shape index (κ3) is 6.13. The van der Waals surface area contributed by atoms with E-state index in [2.05, 4.69) is 55.0 Å². The monoisotopic (exact) mass is 740 g/mol. The number of likely N-dealkylation sites (tertiary alicyclic amines) is 1. The molecule has 0 bridgehead atoms. The topological polar surface area (TPSA) is 131 Å². The Kier molecular flexibility index (Phi) is 8.49. The Morgan fingerprint density at radius 2 is 1.64 bits per heavy atom. The molecule has 4 fully saturated rings. The van der Waals surface area contributed by atoms with Gasteiger partial charge in [-0.15, -0.1) is 4.98 Å². The van der Waals surface area contributed by atoms with Crippen LogP contribution in [0.25, 0.3) is 4.85 Å². The molecule has 1 N–H and O–H groups in total. The highest BCUT2D eigenvalue weighted by molar-refractivity contribution is 6.23. The van der Waals surface area contributed by atoms with Crippen molar-refractivity contribution in [3.63, 3.8) is 0 Å². The zero-order valence-electron chi connectivity index (χ0n) is 31.2. The van der Waals surface area contributed by atoms with Crippen LogP contribution >= 0.6 is 0 Å². The smallest absolute Gasteiger partial charge is 0.272 e. The average molecular weight is 741 g/mol. The van der Waals surface area contributed by atoms with Gasteiger partial charge in [-0.25, -0.2) is 0 Å². The van der Waals surface area contributed by atoms with Gasteiger partial charge in [0.2, 0.25) is 11.8 Å². The van der Waals surface area contributed by atoms with Crippen LogP contribution in [0.1, 0.15) is 86.8 Å². The van der Waals surface area contributed by atoms with E-state index in [1.807, 2.05) is 30.2 Å². The quantitative estimate of drug-likeness (QED) is 0.290. The van der Waals surface area contributed by atoms with Crippen molar-refractivity contribution in [2.75, 3.05) is 49.1 Å². The summed E-state index contributed by atoms with van der Waals surface area (Å²) in [5.74, 6) is -1.11. The zero-order valence-corrected chi connectivity index (χ0v) is 31.2. The first-order valence-corrected chi connectivity index (χ1v) is 19.3. The van der Waals surface area contributed by atoms with Crippen LogP contribution in [0.15, 0.2) is 48.7 Å². The van der Waals surface area contributed by atoms with Crippen molar-refractivity contribution in [2.45, 2.75) is 71.1 Å². The second-order valence-electron chi connectivity index (χ2n) is 16.5. The summed E-state index contributed by atoms with van der Waals surface area (Å²) in [4.78, 5) is 82.0. The minimum atomic E-state index is -0.971. The van der Waals surface area contributed by atoms with E-state index in [4.69, 9.17) is 6.57 Å². The number of benzene rings is 2. The number of fused-ring (bicyclic) bond motifs is 2. The molecule has 3 aromatic rings. The van der Waals surface area contributed by atoms with Crippen LogP contribution in [0.5, 0.6) is 0 Å². The molecule has 6 aliphatic rings. The second-order valence-corrected chi connectivity index (χ2v) is 16.5. The summed E-state index contributed by atoms with van der Waals surface area (Å²) < 4.78 is 0. The fourth-order valence-electron chi connectivity index (χ4n) is 9.87. The number of nitrogens with one attached hydrogen (secondary N) is 1. The predicted octanol–water partition coefficient (Wildman–Crippen LogP) is 4.32. The van der Waals surface area contributed by atoms with E-state index in [9.17, 15) is 24.0 Å². The Balaban J connectivity index is 0.750.